The molecule has 2 aliphatic rings. The van der Waals surface area contributed by atoms with E-state index in [2.05, 4.69) is 15.2 Å². The van der Waals surface area contributed by atoms with Gasteiger partial charge in [-0.15, -0.1) is 0 Å². The minimum atomic E-state index is 0.00719. The average molecular weight is 416 g/mol. The van der Waals surface area contributed by atoms with E-state index < -0.39 is 0 Å². The number of benzene rings is 1. The molecule has 1 saturated heterocycles. The van der Waals surface area contributed by atoms with Crippen LogP contribution in [-0.4, -0.2) is 39.6 Å². The number of carbonyl (C=O) groups is 1. The van der Waals surface area contributed by atoms with Crippen LogP contribution in [-0.2, 0) is 12.8 Å². The first kappa shape index (κ1) is 19.8. The zero-order chi connectivity index (χ0) is 21.2. The van der Waals surface area contributed by atoms with Crippen LogP contribution in [0.1, 0.15) is 53.1 Å². The van der Waals surface area contributed by atoms with Gasteiger partial charge in [0.1, 0.15) is 11.6 Å². The van der Waals surface area contributed by atoms with Crippen LogP contribution < -0.4 is 10.2 Å². The molecule has 0 bridgehead atoms. The second-order valence-corrected chi connectivity index (χ2v) is 8.60. The molecule has 160 valence electrons. The second-order valence-electron chi connectivity index (χ2n) is 8.60. The molecule has 0 atom stereocenters. The van der Waals surface area contributed by atoms with Crippen LogP contribution in [0.2, 0.25) is 0 Å². The Balaban J connectivity index is 1.21. The first-order valence-corrected chi connectivity index (χ1v) is 11.3. The minimum absolute atomic E-state index is 0.00719. The van der Waals surface area contributed by atoms with Gasteiger partial charge >= 0.3 is 0 Å². The van der Waals surface area contributed by atoms with Crippen LogP contribution >= 0.6 is 0 Å². The molecule has 3 heterocycles. The smallest absolute Gasteiger partial charge is 0.251 e. The van der Waals surface area contributed by atoms with E-state index in [9.17, 15) is 4.79 Å². The number of anilines is 1. The number of carbonyl (C=O) groups excluding carboxylic acids is 1. The minimum Gasteiger partial charge on any atom is -0.356 e. The summed E-state index contributed by atoms with van der Waals surface area (Å²) in [7, 11) is 0. The Morgan fingerprint density at radius 2 is 1.71 bits per heavy atom. The molecule has 1 aliphatic carbocycles. The fourth-order valence-corrected chi connectivity index (χ4v) is 4.75. The van der Waals surface area contributed by atoms with Gasteiger partial charge in [-0.1, -0.05) is 0 Å². The van der Waals surface area contributed by atoms with Gasteiger partial charge in [-0.2, -0.15) is 0 Å². The third-order valence-corrected chi connectivity index (χ3v) is 6.43. The third kappa shape index (κ3) is 4.20. The number of amides is 1. The topological polar surface area (TPSA) is 63.1 Å². The predicted octanol–water partition coefficient (Wildman–Crippen LogP) is 3.85. The van der Waals surface area contributed by atoms with Crippen molar-refractivity contribution >= 4 is 11.7 Å². The van der Waals surface area contributed by atoms with E-state index in [-0.39, 0.29) is 11.9 Å². The van der Waals surface area contributed by atoms with Crippen LogP contribution in [0, 0.1) is 6.92 Å². The van der Waals surface area contributed by atoms with Crippen molar-refractivity contribution in [3.8, 4) is 5.69 Å². The number of rotatable bonds is 4. The second kappa shape index (κ2) is 8.53. The summed E-state index contributed by atoms with van der Waals surface area (Å²) in [4.78, 5) is 24.6. The Labute approximate surface area is 183 Å². The number of hydrogen-bond acceptors (Lipinski definition) is 4. The molecule has 1 aromatic carbocycles. The van der Waals surface area contributed by atoms with E-state index in [1.807, 2.05) is 60.3 Å². The molecular weight excluding hydrogens is 386 g/mol. The molecule has 6 heteroatoms. The van der Waals surface area contributed by atoms with Gasteiger partial charge in [-0.25, -0.2) is 9.97 Å². The Morgan fingerprint density at radius 3 is 2.45 bits per heavy atom. The van der Waals surface area contributed by atoms with Crippen LogP contribution in [0.15, 0.2) is 48.8 Å². The molecule has 1 fully saturated rings. The van der Waals surface area contributed by atoms with E-state index in [1.165, 1.54) is 24.1 Å². The van der Waals surface area contributed by atoms with Crippen molar-refractivity contribution in [3.63, 3.8) is 0 Å². The SMILES string of the molecule is Cc1nc2c(c(N3CCC(NC(=O)c4ccc(-n5cccc5)cc4)CC3)n1)CCCC2. The van der Waals surface area contributed by atoms with Crippen LogP contribution in [0.5, 0.6) is 0 Å². The van der Waals surface area contributed by atoms with Gasteiger partial charge in [0.25, 0.3) is 5.91 Å². The van der Waals surface area contributed by atoms with Gasteiger partial charge < -0.3 is 14.8 Å². The zero-order valence-electron chi connectivity index (χ0n) is 18.1. The summed E-state index contributed by atoms with van der Waals surface area (Å²) in [6.45, 7) is 3.83. The van der Waals surface area contributed by atoms with E-state index in [0.717, 1.165) is 56.1 Å². The van der Waals surface area contributed by atoms with Crippen molar-refractivity contribution in [2.75, 3.05) is 18.0 Å². The highest BCUT2D eigenvalue weighted by Gasteiger charge is 2.26. The van der Waals surface area contributed by atoms with Crippen molar-refractivity contribution in [3.05, 3.63) is 71.4 Å². The number of fused-ring (bicyclic) bond motifs is 1. The standard InChI is InChI=1S/C25H29N5O/c1-18-26-23-7-3-2-6-22(23)24(27-18)30-16-12-20(13-17-30)28-25(31)19-8-10-21(11-9-19)29-14-4-5-15-29/h4-5,8-11,14-15,20H,2-3,6-7,12-13,16-17H2,1H3,(H,28,31). The summed E-state index contributed by atoms with van der Waals surface area (Å²) in [5.41, 5.74) is 4.35. The first-order chi connectivity index (χ1) is 15.2. The lowest BCUT2D eigenvalue weighted by Gasteiger charge is -2.35. The summed E-state index contributed by atoms with van der Waals surface area (Å²) < 4.78 is 2.03. The Morgan fingerprint density at radius 1 is 1.00 bits per heavy atom. The molecule has 2 aromatic heterocycles. The van der Waals surface area contributed by atoms with Crippen molar-refractivity contribution in [2.24, 2.45) is 0 Å². The maximum absolute atomic E-state index is 12.7. The third-order valence-electron chi connectivity index (χ3n) is 6.43. The maximum Gasteiger partial charge on any atom is 0.251 e. The largest absolute Gasteiger partial charge is 0.356 e. The molecule has 3 aromatic rings. The summed E-state index contributed by atoms with van der Waals surface area (Å²) >= 11 is 0. The van der Waals surface area contributed by atoms with Gasteiger partial charge in [0.15, 0.2) is 0 Å². The lowest BCUT2D eigenvalue weighted by molar-refractivity contribution is 0.0931. The molecular formula is C25H29N5O. The van der Waals surface area contributed by atoms with Crippen molar-refractivity contribution in [1.82, 2.24) is 19.9 Å². The quantitative estimate of drug-likeness (QED) is 0.703. The highest BCUT2D eigenvalue weighted by Crippen LogP contribution is 2.29. The number of aryl methyl sites for hydroxylation is 2. The van der Waals surface area contributed by atoms with Gasteiger partial charge in [-0.05, 0) is 81.8 Å². The summed E-state index contributed by atoms with van der Waals surface area (Å²) in [5.74, 6) is 2.01. The highest BCUT2D eigenvalue weighted by molar-refractivity contribution is 5.94. The number of piperidine rings is 1. The van der Waals surface area contributed by atoms with Crippen LogP contribution in [0.3, 0.4) is 0 Å². The Kier molecular flexibility index (Phi) is 5.45. The molecule has 0 radical (unpaired) electrons. The average Bonchev–Trinajstić information content (AvgIpc) is 3.34. The van der Waals surface area contributed by atoms with Crippen molar-refractivity contribution in [1.29, 1.82) is 0 Å². The van der Waals surface area contributed by atoms with Gasteiger partial charge in [0, 0.05) is 54.0 Å². The lowest BCUT2D eigenvalue weighted by atomic mass is 9.95. The van der Waals surface area contributed by atoms with Crippen molar-refractivity contribution in [2.45, 2.75) is 51.5 Å². The number of nitrogens with zero attached hydrogens (tertiary/aromatic N) is 4. The summed E-state index contributed by atoms with van der Waals surface area (Å²) in [5, 5.41) is 3.23. The Hall–Kier alpha value is -3.15. The van der Waals surface area contributed by atoms with E-state index in [1.54, 1.807) is 0 Å². The summed E-state index contributed by atoms with van der Waals surface area (Å²) in [6.07, 6.45) is 10.5. The van der Waals surface area contributed by atoms with Gasteiger partial charge in [-0.3, -0.25) is 4.79 Å². The van der Waals surface area contributed by atoms with Crippen molar-refractivity contribution < 1.29 is 4.79 Å². The van der Waals surface area contributed by atoms with Crippen LogP contribution in [0.25, 0.3) is 5.69 Å². The fraction of sp³-hybridized carbons (Fsp3) is 0.400. The normalized spacial score (nSPS) is 16.7. The van der Waals surface area contributed by atoms with Gasteiger partial charge in [0.05, 0.1) is 0 Å². The number of hydrogen-bond donors (Lipinski definition) is 1. The number of nitrogens with one attached hydrogen (secondary N) is 1. The molecule has 0 spiro atoms. The first-order valence-electron chi connectivity index (χ1n) is 11.3. The van der Waals surface area contributed by atoms with E-state index >= 15 is 0 Å². The highest BCUT2D eigenvalue weighted by atomic mass is 16.1. The van der Waals surface area contributed by atoms with Gasteiger partial charge in [0.2, 0.25) is 0 Å². The molecule has 1 aliphatic heterocycles. The molecule has 1 amide bonds. The molecule has 0 saturated carbocycles. The fourth-order valence-electron chi connectivity index (χ4n) is 4.75. The van der Waals surface area contributed by atoms with E-state index in [0.29, 0.717) is 5.56 Å². The lowest BCUT2D eigenvalue weighted by Crippen LogP contribution is -2.45. The molecule has 1 N–H and O–H groups in total. The monoisotopic (exact) mass is 415 g/mol. The predicted molar refractivity (Wildman–Crippen MR) is 122 cm³/mol. The Bertz CT molecular complexity index is 1050. The summed E-state index contributed by atoms with van der Waals surface area (Å²) in [6, 6.07) is 11.9. The maximum atomic E-state index is 12.7. The zero-order valence-corrected chi connectivity index (χ0v) is 18.1. The molecule has 6 nitrogen and oxygen atoms in total. The molecule has 5 rings (SSSR count). The van der Waals surface area contributed by atoms with E-state index in [4.69, 9.17) is 4.98 Å². The van der Waals surface area contributed by atoms with Crippen LogP contribution in [0.4, 0.5) is 5.82 Å². The molecule has 0 unspecified atom stereocenters. The molecule has 31 heavy (non-hydrogen) atoms. The number of aromatic nitrogens is 3.